The number of hydrogen-bond donors (Lipinski definition) is 2. The van der Waals surface area contributed by atoms with Crippen LogP contribution in [-0.4, -0.2) is 24.1 Å². The van der Waals surface area contributed by atoms with Crippen LogP contribution in [0.2, 0.25) is 0 Å². The molecular weight excluding hydrogens is 234 g/mol. The molecule has 1 saturated carbocycles. The summed E-state index contributed by atoms with van der Waals surface area (Å²) in [5.41, 5.74) is 1.58. The van der Waals surface area contributed by atoms with Gasteiger partial charge in [0.15, 0.2) is 0 Å². The first-order chi connectivity index (χ1) is 8.52. The molecule has 1 aromatic rings. The summed E-state index contributed by atoms with van der Waals surface area (Å²) < 4.78 is 5.08. The van der Waals surface area contributed by atoms with E-state index in [1.165, 1.54) is 0 Å². The summed E-state index contributed by atoms with van der Waals surface area (Å²) in [5.74, 6) is -1.43. The van der Waals surface area contributed by atoms with E-state index in [0.717, 1.165) is 5.56 Å². The van der Waals surface area contributed by atoms with Crippen molar-refractivity contribution in [3.63, 3.8) is 0 Å². The second-order valence-corrected chi connectivity index (χ2v) is 4.46. The number of amides is 1. The molecule has 5 nitrogen and oxygen atoms in total. The van der Waals surface area contributed by atoms with Gasteiger partial charge in [-0.15, -0.1) is 0 Å². The van der Waals surface area contributed by atoms with E-state index in [-0.39, 0.29) is 5.91 Å². The maximum Gasteiger partial charge on any atom is 0.307 e. The number of anilines is 1. The molecule has 5 heteroatoms. The highest BCUT2D eigenvalue weighted by atomic mass is 16.5. The number of aliphatic carboxylic acids is 1. The van der Waals surface area contributed by atoms with Gasteiger partial charge in [0, 0.05) is 11.8 Å². The first kappa shape index (κ1) is 12.4. The van der Waals surface area contributed by atoms with Crippen LogP contribution < -0.4 is 10.1 Å². The first-order valence-corrected chi connectivity index (χ1v) is 5.71. The molecule has 0 aliphatic heterocycles. The van der Waals surface area contributed by atoms with Crippen LogP contribution in [0, 0.1) is 18.8 Å². The van der Waals surface area contributed by atoms with E-state index in [9.17, 15) is 9.59 Å². The molecule has 1 aromatic carbocycles. The van der Waals surface area contributed by atoms with Gasteiger partial charge in [-0.3, -0.25) is 9.59 Å². The van der Waals surface area contributed by atoms with E-state index in [4.69, 9.17) is 9.84 Å². The maximum atomic E-state index is 11.8. The molecule has 0 spiro atoms. The number of aryl methyl sites for hydroxylation is 1. The molecule has 2 rings (SSSR count). The molecule has 1 amide bonds. The second kappa shape index (κ2) is 4.68. The number of rotatable bonds is 4. The van der Waals surface area contributed by atoms with Crippen molar-refractivity contribution in [3.05, 3.63) is 23.8 Å². The number of carbonyl (C=O) groups excluding carboxylic acids is 1. The van der Waals surface area contributed by atoms with E-state index in [2.05, 4.69) is 5.32 Å². The van der Waals surface area contributed by atoms with Crippen molar-refractivity contribution in [2.75, 3.05) is 12.4 Å². The van der Waals surface area contributed by atoms with Gasteiger partial charge in [0.2, 0.25) is 5.91 Å². The van der Waals surface area contributed by atoms with E-state index in [1.807, 2.05) is 19.1 Å². The molecule has 96 valence electrons. The smallest absolute Gasteiger partial charge is 0.307 e. The van der Waals surface area contributed by atoms with Crippen LogP contribution in [0.1, 0.15) is 12.0 Å². The number of nitrogens with one attached hydrogen (secondary N) is 1. The van der Waals surface area contributed by atoms with Crippen LogP contribution in [0.5, 0.6) is 5.75 Å². The summed E-state index contributed by atoms with van der Waals surface area (Å²) in [7, 11) is 1.55. The van der Waals surface area contributed by atoms with Gasteiger partial charge in [0.05, 0.1) is 18.9 Å². The molecule has 18 heavy (non-hydrogen) atoms. The Bertz CT molecular complexity index is 498. The lowest BCUT2D eigenvalue weighted by atomic mass is 10.2. The van der Waals surface area contributed by atoms with Gasteiger partial charge < -0.3 is 15.2 Å². The normalized spacial score (nSPS) is 21.2. The van der Waals surface area contributed by atoms with Crippen molar-refractivity contribution in [3.8, 4) is 5.75 Å². The number of carboxylic acids is 1. The van der Waals surface area contributed by atoms with Crippen LogP contribution >= 0.6 is 0 Å². The van der Waals surface area contributed by atoms with Gasteiger partial charge in [-0.25, -0.2) is 0 Å². The standard InChI is InChI=1S/C13H15NO4/c1-7-3-4-8(18-2)5-11(7)14-12(15)9-6-10(9)13(16)17/h3-5,9-10H,6H2,1-2H3,(H,14,15)(H,16,17)/t9-,10+/m1/s1. The molecule has 0 bridgehead atoms. The number of methoxy groups -OCH3 is 1. The molecule has 1 aliphatic carbocycles. The van der Waals surface area contributed by atoms with Crippen LogP contribution in [0.4, 0.5) is 5.69 Å². The van der Waals surface area contributed by atoms with E-state index in [0.29, 0.717) is 17.9 Å². The zero-order valence-electron chi connectivity index (χ0n) is 10.3. The minimum Gasteiger partial charge on any atom is -0.497 e. The molecule has 2 atom stereocenters. The third-order valence-electron chi connectivity index (χ3n) is 3.15. The molecule has 0 saturated heterocycles. The number of benzene rings is 1. The van der Waals surface area contributed by atoms with Crippen molar-refractivity contribution in [1.29, 1.82) is 0 Å². The van der Waals surface area contributed by atoms with E-state index >= 15 is 0 Å². The zero-order valence-corrected chi connectivity index (χ0v) is 10.3. The fourth-order valence-corrected chi connectivity index (χ4v) is 1.85. The van der Waals surface area contributed by atoms with Gasteiger partial charge in [-0.2, -0.15) is 0 Å². The Labute approximate surface area is 105 Å². The predicted molar refractivity (Wildman–Crippen MR) is 65.6 cm³/mol. The highest BCUT2D eigenvalue weighted by Crippen LogP contribution is 2.39. The molecule has 2 N–H and O–H groups in total. The number of carboxylic acid groups (broad SMARTS) is 1. The fourth-order valence-electron chi connectivity index (χ4n) is 1.85. The number of ether oxygens (including phenoxy) is 1. The maximum absolute atomic E-state index is 11.8. The molecule has 1 aliphatic rings. The summed E-state index contributed by atoms with van der Waals surface area (Å²) in [5, 5.41) is 11.5. The summed E-state index contributed by atoms with van der Waals surface area (Å²) in [6, 6.07) is 5.38. The highest BCUT2D eigenvalue weighted by molar-refractivity contribution is 5.98. The lowest BCUT2D eigenvalue weighted by Gasteiger charge is -2.09. The minimum atomic E-state index is -0.905. The highest BCUT2D eigenvalue weighted by Gasteiger charge is 2.48. The quantitative estimate of drug-likeness (QED) is 0.851. The lowest BCUT2D eigenvalue weighted by Crippen LogP contribution is -2.17. The Morgan fingerprint density at radius 3 is 2.67 bits per heavy atom. The zero-order chi connectivity index (χ0) is 13.3. The molecule has 0 aromatic heterocycles. The van der Waals surface area contributed by atoms with Crippen LogP contribution in [0.25, 0.3) is 0 Å². The van der Waals surface area contributed by atoms with Crippen molar-refractivity contribution in [2.45, 2.75) is 13.3 Å². The Balaban J connectivity index is 2.06. The monoisotopic (exact) mass is 249 g/mol. The van der Waals surface area contributed by atoms with Crippen LogP contribution in [0.3, 0.4) is 0 Å². The Hall–Kier alpha value is -2.04. The molecule has 0 unspecified atom stereocenters. The predicted octanol–water partition coefficient (Wildman–Crippen LogP) is 1.66. The average molecular weight is 249 g/mol. The van der Waals surface area contributed by atoms with Crippen LogP contribution in [-0.2, 0) is 9.59 Å². The molecule has 0 radical (unpaired) electrons. The van der Waals surface area contributed by atoms with Crippen molar-refractivity contribution in [1.82, 2.24) is 0 Å². The fraction of sp³-hybridized carbons (Fsp3) is 0.385. The summed E-state index contributed by atoms with van der Waals surface area (Å²) >= 11 is 0. The summed E-state index contributed by atoms with van der Waals surface area (Å²) in [4.78, 5) is 22.5. The van der Waals surface area contributed by atoms with Gasteiger partial charge >= 0.3 is 5.97 Å². The van der Waals surface area contributed by atoms with Gasteiger partial charge in [0.1, 0.15) is 5.75 Å². The summed E-state index contributed by atoms with van der Waals surface area (Å²) in [6.45, 7) is 1.87. The lowest BCUT2D eigenvalue weighted by molar-refractivity contribution is -0.139. The number of carbonyl (C=O) groups is 2. The minimum absolute atomic E-state index is 0.237. The average Bonchev–Trinajstić information content (AvgIpc) is 3.12. The third-order valence-corrected chi connectivity index (χ3v) is 3.15. The second-order valence-electron chi connectivity index (χ2n) is 4.46. The van der Waals surface area contributed by atoms with E-state index < -0.39 is 17.8 Å². The largest absolute Gasteiger partial charge is 0.497 e. The first-order valence-electron chi connectivity index (χ1n) is 5.71. The van der Waals surface area contributed by atoms with Gasteiger partial charge in [0.25, 0.3) is 0 Å². The van der Waals surface area contributed by atoms with Gasteiger partial charge in [-0.05, 0) is 25.0 Å². The topological polar surface area (TPSA) is 75.6 Å². The van der Waals surface area contributed by atoms with E-state index in [1.54, 1.807) is 13.2 Å². The SMILES string of the molecule is COc1ccc(C)c(NC(=O)[C@@H]2C[C@@H]2C(=O)O)c1. The molecular formula is C13H15NO4. The van der Waals surface area contributed by atoms with Crippen molar-refractivity contribution >= 4 is 17.6 Å². The summed E-state index contributed by atoms with van der Waals surface area (Å²) in [6.07, 6.45) is 0.421. The Morgan fingerprint density at radius 1 is 1.39 bits per heavy atom. The number of hydrogen-bond acceptors (Lipinski definition) is 3. The van der Waals surface area contributed by atoms with Crippen molar-refractivity contribution in [2.24, 2.45) is 11.8 Å². The molecule has 1 fully saturated rings. The molecule has 0 heterocycles. The Morgan fingerprint density at radius 2 is 2.11 bits per heavy atom. The Kier molecular flexibility index (Phi) is 3.23. The van der Waals surface area contributed by atoms with Gasteiger partial charge in [-0.1, -0.05) is 6.07 Å². The van der Waals surface area contributed by atoms with Crippen molar-refractivity contribution < 1.29 is 19.4 Å². The third kappa shape index (κ3) is 2.45. The van der Waals surface area contributed by atoms with Crippen LogP contribution in [0.15, 0.2) is 18.2 Å².